The molecule has 24 heavy (non-hydrogen) atoms. The fourth-order valence-electron chi connectivity index (χ4n) is 3.55. The van der Waals surface area contributed by atoms with Crippen LogP contribution in [0.3, 0.4) is 0 Å². The van der Waals surface area contributed by atoms with Crippen LogP contribution in [0.25, 0.3) is 10.9 Å². The van der Waals surface area contributed by atoms with Crippen LogP contribution >= 0.6 is 11.6 Å². The summed E-state index contributed by atoms with van der Waals surface area (Å²) in [6.45, 7) is 1.51. The Labute approximate surface area is 146 Å². The van der Waals surface area contributed by atoms with Crippen molar-refractivity contribution in [3.8, 4) is 0 Å². The zero-order chi connectivity index (χ0) is 16.7. The first-order valence-corrected chi connectivity index (χ1v) is 9.04. The van der Waals surface area contributed by atoms with Gasteiger partial charge in [0, 0.05) is 41.7 Å². The quantitative estimate of drug-likeness (QED) is 0.925. The number of pyridine rings is 1. The maximum absolute atomic E-state index is 13.2. The fourth-order valence-corrected chi connectivity index (χ4v) is 3.72. The summed E-state index contributed by atoms with van der Waals surface area (Å²) in [6.07, 6.45) is 4.22. The molecular formula is C19H21ClN2O2. The van der Waals surface area contributed by atoms with Crippen LogP contribution in [0.5, 0.6) is 0 Å². The summed E-state index contributed by atoms with van der Waals surface area (Å²) < 4.78 is 0. The lowest BCUT2D eigenvalue weighted by atomic mass is 9.97. The Morgan fingerprint density at radius 2 is 2.12 bits per heavy atom. The number of halogens is 1. The van der Waals surface area contributed by atoms with Gasteiger partial charge in [-0.3, -0.25) is 9.78 Å². The van der Waals surface area contributed by atoms with Crippen molar-refractivity contribution in [3.05, 3.63) is 40.5 Å². The lowest BCUT2D eigenvalue weighted by Gasteiger charge is -2.32. The normalized spacial score (nSPS) is 21.2. The molecule has 1 N–H and O–H groups in total. The van der Waals surface area contributed by atoms with Crippen LogP contribution in [0.2, 0.25) is 5.02 Å². The number of aliphatic hydroxyl groups excluding tert-OH is 1. The summed E-state index contributed by atoms with van der Waals surface area (Å²) in [5.74, 6) is 0.704. The predicted octanol–water partition coefficient (Wildman–Crippen LogP) is 3.61. The number of aliphatic hydroxyl groups is 1. The van der Waals surface area contributed by atoms with Gasteiger partial charge in [-0.25, -0.2) is 0 Å². The van der Waals surface area contributed by atoms with Gasteiger partial charge in [0.1, 0.15) is 0 Å². The molecule has 1 aliphatic heterocycles. The number of fused-ring (bicyclic) bond motifs is 1. The van der Waals surface area contributed by atoms with Crippen LogP contribution in [0.1, 0.15) is 47.7 Å². The molecular weight excluding hydrogens is 324 g/mol. The first-order valence-electron chi connectivity index (χ1n) is 8.66. The highest BCUT2D eigenvalue weighted by Crippen LogP contribution is 2.40. The average molecular weight is 345 g/mol. The second-order valence-electron chi connectivity index (χ2n) is 6.97. The van der Waals surface area contributed by atoms with E-state index in [0.29, 0.717) is 23.0 Å². The van der Waals surface area contributed by atoms with E-state index < -0.39 is 0 Å². The van der Waals surface area contributed by atoms with Crippen molar-refractivity contribution >= 4 is 28.4 Å². The lowest BCUT2D eigenvalue weighted by Crippen LogP contribution is -2.41. The van der Waals surface area contributed by atoms with Gasteiger partial charge < -0.3 is 10.0 Å². The number of aromatic nitrogens is 1. The van der Waals surface area contributed by atoms with E-state index in [9.17, 15) is 9.90 Å². The second kappa shape index (κ2) is 6.34. The van der Waals surface area contributed by atoms with Gasteiger partial charge in [0.2, 0.25) is 0 Å². The standard InChI is InChI=1S/C19H21ClN2O2/c20-14-5-6-17-15(8-14)16(9-18(21-17)13-3-4-13)19(24)22-7-1-2-12(10-22)11-23/h5-6,8-9,12-13,23H,1-4,7,10-11H2. The molecule has 4 nitrogen and oxygen atoms in total. The Hall–Kier alpha value is -1.65. The molecule has 1 saturated heterocycles. The molecule has 1 amide bonds. The van der Waals surface area contributed by atoms with Crippen LogP contribution in [0.4, 0.5) is 0 Å². The number of carbonyl (C=O) groups excluding carboxylic acids is 1. The first kappa shape index (κ1) is 15.9. The molecule has 1 saturated carbocycles. The van der Waals surface area contributed by atoms with E-state index in [0.717, 1.165) is 48.8 Å². The predicted molar refractivity (Wildman–Crippen MR) is 94.4 cm³/mol. The smallest absolute Gasteiger partial charge is 0.254 e. The largest absolute Gasteiger partial charge is 0.396 e. The van der Waals surface area contributed by atoms with E-state index in [1.165, 1.54) is 0 Å². The molecule has 2 aliphatic rings. The maximum atomic E-state index is 13.2. The van der Waals surface area contributed by atoms with Crippen molar-refractivity contribution in [2.75, 3.05) is 19.7 Å². The average Bonchev–Trinajstić information content (AvgIpc) is 3.45. The van der Waals surface area contributed by atoms with E-state index in [2.05, 4.69) is 0 Å². The van der Waals surface area contributed by atoms with Gasteiger partial charge in [-0.15, -0.1) is 0 Å². The number of hydrogen-bond acceptors (Lipinski definition) is 3. The number of hydrogen-bond donors (Lipinski definition) is 1. The molecule has 0 spiro atoms. The summed E-state index contributed by atoms with van der Waals surface area (Å²) in [7, 11) is 0. The van der Waals surface area contributed by atoms with Crippen molar-refractivity contribution in [1.29, 1.82) is 0 Å². The molecule has 5 heteroatoms. The van der Waals surface area contributed by atoms with Gasteiger partial charge in [-0.2, -0.15) is 0 Å². The lowest BCUT2D eigenvalue weighted by molar-refractivity contribution is 0.0622. The molecule has 126 valence electrons. The van der Waals surface area contributed by atoms with Crippen LogP contribution in [-0.4, -0.2) is 40.6 Å². The highest BCUT2D eigenvalue weighted by molar-refractivity contribution is 6.31. The van der Waals surface area contributed by atoms with E-state index in [1.807, 2.05) is 29.2 Å². The molecule has 1 aliphatic carbocycles. The number of amides is 1. The van der Waals surface area contributed by atoms with Crippen molar-refractivity contribution in [2.24, 2.45) is 5.92 Å². The number of carbonyl (C=O) groups is 1. The Kier molecular flexibility index (Phi) is 4.19. The topological polar surface area (TPSA) is 53.4 Å². The Balaban J connectivity index is 1.76. The highest BCUT2D eigenvalue weighted by atomic mass is 35.5. The first-order chi connectivity index (χ1) is 11.7. The van der Waals surface area contributed by atoms with Crippen molar-refractivity contribution in [2.45, 2.75) is 31.6 Å². The summed E-state index contributed by atoms with van der Waals surface area (Å²) in [5.41, 5.74) is 2.55. The van der Waals surface area contributed by atoms with E-state index in [1.54, 1.807) is 0 Å². The third-order valence-electron chi connectivity index (χ3n) is 5.08. The number of rotatable bonds is 3. The minimum absolute atomic E-state index is 0.0321. The molecule has 4 rings (SSSR count). The summed E-state index contributed by atoms with van der Waals surface area (Å²) in [4.78, 5) is 19.8. The SMILES string of the molecule is O=C(c1cc(C2CC2)nc2ccc(Cl)cc12)N1CCCC(CO)C1. The van der Waals surface area contributed by atoms with Gasteiger partial charge in [0.25, 0.3) is 5.91 Å². The number of piperidine rings is 1. The van der Waals surface area contributed by atoms with Crippen molar-refractivity contribution in [1.82, 2.24) is 9.88 Å². The summed E-state index contributed by atoms with van der Waals surface area (Å²) in [6, 6.07) is 7.51. The van der Waals surface area contributed by atoms with Gasteiger partial charge in [0.05, 0.1) is 11.1 Å². The molecule has 2 aromatic rings. The molecule has 1 atom stereocenters. The minimum atomic E-state index is 0.0321. The third-order valence-corrected chi connectivity index (χ3v) is 5.32. The number of benzene rings is 1. The molecule has 2 fully saturated rings. The summed E-state index contributed by atoms with van der Waals surface area (Å²) >= 11 is 6.16. The van der Waals surface area contributed by atoms with Crippen LogP contribution in [-0.2, 0) is 0 Å². The van der Waals surface area contributed by atoms with Gasteiger partial charge in [-0.05, 0) is 55.9 Å². The van der Waals surface area contributed by atoms with Crippen LogP contribution in [0, 0.1) is 5.92 Å². The van der Waals surface area contributed by atoms with E-state index in [-0.39, 0.29) is 18.4 Å². The Morgan fingerprint density at radius 1 is 1.29 bits per heavy atom. The van der Waals surface area contributed by atoms with E-state index >= 15 is 0 Å². The fraction of sp³-hybridized carbons (Fsp3) is 0.474. The van der Waals surface area contributed by atoms with Gasteiger partial charge in [-0.1, -0.05) is 11.6 Å². The Bertz CT molecular complexity index is 788. The summed E-state index contributed by atoms with van der Waals surface area (Å²) in [5, 5.41) is 10.9. The molecule has 2 heterocycles. The van der Waals surface area contributed by atoms with Crippen LogP contribution in [0.15, 0.2) is 24.3 Å². The van der Waals surface area contributed by atoms with E-state index in [4.69, 9.17) is 16.6 Å². The molecule has 1 unspecified atom stereocenters. The molecule has 1 aromatic carbocycles. The monoisotopic (exact) mass is 344 g/mol. The maximum Gasteiger partial charge on any atom is 0.254 e. The van der Waals surface area contributed by atoms with Gasteiger partial charge >= 0.3 is 0 Å². The van der Waals surface area contributed by atoms with Gasteiger partial charge in [0.15, 0.2) is 0 Å². The highest BCUT2D eigenvalue weighted by Gasteiger charge is 2.29. The Morgan fingerprint density at radius 3 is 2.88 bits per heavy atom. The molecule has 1 aromatic heterocycles. The van der Waals surface area contributed by atoms with Crippen molar-refractivity contribution in [3.63, 3.8) is 0 Å². The number of nitrogens with zero attached hydrogens (tertiary/aromatic N) is 2. The third kappa shape index (κ3) is 3.01. The molecule has 0 bridgehead atoms. The van der Waals surface area contributed by atoms with Crippen molar-refractivity contribution < 1.29 is 9.90 Å². The zero-order valence-corrected chi connectivity index (χ0v) is 14.3. The molecule has 0 radical (unpaired) electrons. The second-order valence-corrected chi connectivity index (χ2v) is 7.41. The number of likely N-dealkylation sites (tertiary alicyclic amines) is 1. The van der Waals surface area contributed by atoms with Crippen LogP contribution < -0.4 is 0 Å². The minimum Gasteiger partial charge on any atom is -0.396 e. The zero-order valence-electron chi connectivity index (χ0n) is 13.5.